The molecule has 0 bridgehead atoms. The van der Waals surface area contributed by atoms with E-state index < -0.39 is 0 Å². The monoisotopic (exact) mass is 281 g/mol. The lowest BCUT2D eigenvalue weighted by atomic mass is 10.1. The average Bonchev–Trinajstić information content (AvgIpc) is 3.37. The molecular formula is C19H23NO. The summed E-state index contributed by atoms with van der Waals surface area (Å²) in [6.07, 6.45) is 3.93. The molecule has 1 fully saturated rings. The van der Waals surface area contributed by atoms with Gasteiger partial charge in [-0.2, -0.15) is 0 Å². The van der Waals surface area contributed by atoms with Crippen LogP contribution in [0.1, 0.15) is 26.2 Å². The largest absolute Gasteiger partial charge is 0.489 e. The number of rotatable bonds is 7. The molecule has 1 saturated carbocycles. The lowest BCUT2D eigenvalue weighted by Gasteiger charge is -2.18. The van der Waals surface area contributed by atoms with E-state index in [0.717, 1.165) is 24.8 Å². The summed E-state index contributed by atoms with van der Waals surface area (Å²) in [7, 11) is 0. The smallest absolute Gasteiger partial charge is 0.119 e. The van der Waals surface area contributed by atoms with E-state index in [0.29, 0.717) is 0 Å². The molecule has 0 aromatic heterocycles. The number of hydrogen-bond acceptors (Lipinski definition) is 2. The Morgan fingerprint density at radius 3 is 2.29 bits per heavy atom. The summed E-state index contributed by atoms with van der Waals surface area (Å²) in [5.74, 6) is 0.958. The molecule has 2 aromatic carbocycles. The van der Waals surface area contributed by atoms with Crippen LogP contribution in [0.15, 0.2) is 54.6 Å². The molecule has 2 aromatic rings. The van der Waals surface area contributed by atoms with E-state index in [4.69, 9.17) is 4.74 Å². The third-order valence-electron chi connectivity index (χ3n) is 3.93. The molecule has 2 nitrogen and oxygen atoms in total. The van der Waals surface area contributed by atoms with Crippen molar-refractivity contribution < 1.29 is 4.74 Å². The van der Waals surface area contributed by atoms with Gasteiger partial charge in [0.1, 0.15) is 11.9 Å². The van der Waals surface area contributed by atoms with Crippen LogP contribution in [0.25, 0.3) is 11.1 Å². The Morgan fingerprint density at radius 1 is 1.00 bits per heavy atom. The first-order valence-electron chi connectivity index (χ1n) is 7.90. The number of benzene rings is 2. The second-order valence-corrected chi connectivity index (χ2v) is 5.72. The van der Waals surface area contributed by atoms with Crippen molar-refractivity contribution in [2.75, 3.05) is 6.54 Å². The highest BCUT2D eigenvalue weighted by atomic mass is 16.5. The van der Waals surface area contributed by atoms with Crippen molar-refractivity contribution >= 4 is 0 Å². The van der Waals surface area contributed by atoms with Crippen LogP contribution >= 0.6 is 0 Å². The van der Waals surface area contributed by atoms with Gasteiger partial charge in [-0.1, -0.05) is 49.4 Å². The van der Waals surface area contributed by atoms with Crippen LogP contribution in [-0.4, -0.2) is 18.7 Å². The topological polar surface area (TPSA) is 21.3 Å². The molecule has 1 unspecified atom stereocenters. The van der Waals surface area contributed by atoms with Crippen LogP contribution in [0.4, 0.5) is 0 Å². The Hall–Kier alpha value is -1.80. The molecule has 0 radical (unpaired) electrons. The first-order chi connectivity index (χ1) is 10.3. The molecule has 0 amide bonds. The second-order valence-electron chi connectivity index (χ2n) is 5.72. The molecular weight excluding hydrogens is 258 g/mol. The molecule has 1 atom stereocenters. The average molecular weight is 281 g/mol. The van der Waals surface area contributed by atoms with Crippen LogP contribution in [0.2, 0.25) is 0 Å². The fraction of sp³-hybridized carbons (Fsp3) is 0.368. The zero-order chi connectivity index (χ0) is 14.5. The van der Waals surface area contributed by atoms with E-state index in [1.54, 1.807) is 0 Å². The summed E-state index contributed by atoms with van der Waals surface area (Å²) in [6, 6.07) is 19.6. The van der Waals surface area contributed by atoms with E-state index in [9.17, 15) is 0 Å². The van der Waals surface area contributed by atoms with Gasteiger partial charge in [0, 0.05) is 12.6 Å². The van der Waals surface area contributed by atoms with E-state index in [2.05, 4.69) is 60.8 Å². The Bertz CT molecular complexity index is 546. The van der Waals surface area contributed by atoms with Gasteiger partial charge in [0.25, 0.3) is 0 Å². The summed E-state index contributed by atoms with van der Waals surface area (Å²) in [5.41, 5.74) is 2.47. The first-order valence-corrected chi connectivity index (χ1v) is 7.90. The van der Waals surface area contributed by atoms with Gasteiger partial charge in [0.05, 0.1) is 0 Å². The van der Waals surface area contributed by atoms with Crippen molar-refractivity contribution in [1.82, 2.24) is 5.32 Å². The van der Waals surface area contributed by atoms with Gasteiger partial charge in [-0.25, -0.2) is 0 Å². The van der Waals surface area contributed by atoms with Gasteiger partial charge >= 0.3 is 0 Å². The van der Waals surface area contributed by atoms with Crippen molar-refractivity contribution in [2.24, 2.45) is 0 Å². The van der Waals surface area contributed by atoms with Gasteiger partial charge in [-0.05, 0) is 42.5 Å². The summed E-state index contributed by atoms with van der Waals surface area (Å²) >= 11 is 0. The predicted octanol–water partition coefficient (Wildman–Crippen LogP) is 4.26. The Balaban J connectivity index is 1.60. The van der Waals surface area contributed by atoms with Crippen molar-refractivity contribution in [3.05, 3.63) is 54.6 Å². The SMILES string of the molecule is CCC(CNC1CC1)Oc1ccc(-c2ccccc2)cc1. The van der Waals surface area contributed by atoms with Gasteiger partial charge in [0.15, 0.2) is 0 Å². The minimum Gasteiger partial charge on any atom is -0.489 e. The molecule has 110 valence electrons. The van der Waals surface area contributed by atoms with Crippen LogP contribution < -0.4 is 10.1 Å². The van der Waals surface area contributed by atoms with Gasteiger partial charge < -0.3 is 10.1 Å². The van der Waals surface area contributed by atoms with Crippen LogP contribution in [0, 0.1) is 0 Å². The minimum atomic E-state index is 0.258. The Labute approximate surface area is 127 Å². The van der Waals surface area contributed by atoms with Crippen molar-refractivity contribution in [3.63, 3.8) is 0 Å². The minimum absolute atomic E-state index is 0.258. The standard InChI is InChI=1S/C19H23NO/c1-2-18(14-20-17-10-11-17)21-19-12-8-16(9-13-19)15-6-4-3-5-7-15/h3-9,12-13,17-18,20H,2,10-11,14H2,1H3. The summed E-state index contributed by atoms with van der Waals surface area (Å²) in [4.78, 5) is 0. The molecule has 1 N–H and O–H groups in total. The third-order valence-corrected chi connectivity index (χ3v) is 3.93. The quantitative estimate of drug-likeness (QED) is 0.818. The Kier molecular flexibility index (Phi) is 4.56. The first kappa shape index (κ1) is 14.2. The fourth-order valence-electron chi connectivity index (χ4n) is 2.40. The van der Waals surface area contributed by atoms with E-state index in [1.165, 1.54) is 24.0 Å². The van der Waals surface area contributed by atoms with Gasteiger partial charge in [-0.15, -0.1) is 0 Å². The maximum Gasteiger partial charge on any atom is 0.119 e. The van der Waals surface area contributed by atoms with Crippen LogP contribution in [0.3, 0.4) is 0 Å². The van der Waals surface area contributed by atoms with Crippen molar-refractivity contribution in [2.45, 2.75) is 38.3 Å². The van der Waals surface area contributed by atoms with Gasteiger partial charge in [-0.3, -0.25) is 0 Å². The molecule has 1 aliphatic carbocycles. The number of ether oxygens (including phenoxy) is 1. The highest BCUT2D eigenvalue weighted by molar-refractivity contribution is 5.63. The zero-order valence-corrected chi connectivity index (χ0v) is 12.6. The lowest BCUT2D eigenvalue weighted by Crippen LogP contribution is -2.32. The van der Waals surface area contributed by atoms with Crippen molar-refractivity contribution in [1.29, 1.82) is 0 Å². The van der Waals surface area contributed by atoms with Crippen molar-refractivity contribution in [3.8, 4) is 16.9 Å². The van der Waals surface area contributed by atoms with E-state index in [1.807, 2.05) is 6.07 Å². The third kappa shape index (κ3) is 4.08. The molecule has 3 rings (SSSR count). The summed E-state index contributed by atoms with van der Waals surface area (Å²) in [5, 5.41) is 3.54. The maximum absolute atomic E-state index is 6.07. The zero-order valence-electron chi connectivity index (χ0n) is 12.6. The highest BCUT2D eigenvalue weighted by Gasteiger charge is 2.21. The molecule has 2 heteroatoms. The molecule has 0 saturated heterocycles. The summed E-state index contributed by atoms with van der Waals surface area (Å²) < 4.78 is 6.07. The maximum atomic E-state index is 6.07. The molecule has 0 aliphatic heterocycles. The molecule has 0 heterocycles. The predicted molar refractivity (Wildman–Crippen MR) is 87.6 cm³/mol. The van der Waals surface area contributed by atoms with E-state index in [-0.39, 0.29) is 6.10 Å². The molecule has 21 heavy (non-hydrogen) atoms. The normalized spacial score (nSPS) is 15.7. The van der Waals surface area contributed by atoms with Gasteiger partial charge in [0.2, 0.25) is 0 Å². The number of nitrogens with one attached hydrogen (secondary N) is 1. The highest BCUT2D eigenvalue weighted by Crippen LogP contribution is 2.23. The lowest BCUT2D eigenvalue weighted by molar-refractivity contribution is 0.193. The molecule has 1 aliphatic rings. The second kappa shape index (κ2) is 6.77. The molecule has 0 spiro atoms. The Morgan fingerprint density at radius 2 is 1.67 bits per heavy atom. The summed E-state index contributed by atoms with van der Waals surface area (Å²) in [6.45, 7) is 3.12. The fourth-order valence-corrected chi connectivity index (χ4v) is 2.40. The van der Waals surface area contributed by atoms with Crippen LogP contribution in [0.5, 0.6) is 5.75 Å². The van der Waals surface area contributed by atoms with Crippen LogP contribution in [-0.2, 0) is 0 Å². The van der Waals surface area contributed by atoms with E-state index >= 15 is 0 Å². The number of hydrogen-bond donors (Lipinski definition) is 1.